The highest BCUT2D eigenvalue weighted by Crippen LogP contribution is 2.43. The maximum Gasteiger partial charge on any atom is -0.00317 e. The first kappa shape index (κ1) is 11.7. The molecule has 0 saturated heterocycles. The van der Waals surface area contributed by atoms with Crippen molar-refractivity contribution in [2.24, 2.45) is 0 Å². The first-order chi connectivity index (χ1) is 7.82. The third-order valence-electron chi connectivity index (χ3n) is 4.17. The molecule has 1 aromatic carbocycles. The molecule has 0 saturated carbocycles. The lowest BCUT2D eigenvalue weighted by atomic mass is 9.76. The molecule has 1 unspecified atom stereocenters. The number of nitrogens with one attached hydrogen (secondary N) is 1. The van der Waals surface area contributed by atoms with Crippen molar-refractivity contribution >= 4 is 0 Å². The van der Waals surface area contributed by atoms with E-state index < -0.39 is 0 Å². The Morgan fingerprint density at radius 1 is 1.25 bits per heavy atom. The van der Waals surface area contributed by atoms with Crippen molar-refractivity contribution < 1.29 is 0 Å². The van der Waals surface area contributed by atoms with Crippen LogP contribution in [0.4, 0.5) is 0 Å². The molecule has 1 N–H and O–H groups in total. The van der Waals surface area contributed by atoms with Gasteiger partial charge in [0.15, 0.2) is 0 Å². The van der Waals surface area contributed by atoms with E-state index in [1.54, 1.807) is 11.1 Å². The molecule has 0 aromatic heterocycles. The Morgan fingerprint density at radius 2 is 2.06 bits per heavy atom. The Morgan fingerprint density at radius 3 is 2.81 bits per heavy atom. The van der Waals surface area contributed by atoms with Crippen LogP contribution in [-0.4, -0.2) is 13.1 Å². The molecule has 0 aliphatic heterocycles. The molecule has 1 atom stereocenters. The number of hydrogen-bond acceptors (Lipinski definition) is 1. The van der Waals surface area contributed by atoms with Crippen molar-refractivity contribution in [1.29, 1.82) is 0 Å². The van der Waals surface area contributed by atoms with E-state index in [1.165, 1.54) is 25.7 Å². The molecule has 1 aliphatic rings. The highest BCUT2D eigenvalue weighted by Gasteiger charge is 2.35. The molecular formula is C15H23N. The highest BCUT2D eigenvalue weighted by molar-refractivity contribution is 5.39. The van der Waals surface area contributed by atoms with E-state index in [0.29, 0.717) is 5.41 Å². The first-order valence-corrected chi connectivity index (χ1v) is 6.61. The van der Waals surface area contributed by atoms with Gasteiger partial charge >= 0.3 is 0 Å². The molecule has 1 heteroatoms. The van der Waals surface area contributed by atoms with E-state index in [4.69, 9.17) is 0 Å². The zero-order valence-electron chi connectivity index (χ0n) is 10.6. The molecule has 0 heterocycles. The highest BCUT2D eigenvalue weighted by atomic mass is 14.8. The Kier molecular flexibility index (Phi) is 3.65. The quantitative estimate of drug-likeness (QED) is 0.746. The van der Waals surface area contributed by atoms with Crippen LogP contribution in [0.3, 0.4) is 0 Å². The van der Waals surface area contributed by atoms with Gasteiger partial charge in [-0.25, -0.2) is 0 Å². The minimum absolute atomic E-state index is 0.457. The second-order valence-electron chi connectivity index (χ2n) is 4.89. The lowest BCUT2D eigenvalue weighted by molar-refractivity contribution is 0.369. The lowest BCUT2D eigenvalue weighted by Gasteiger charge is -2.29. The fraction of sp³-hybridized carbons (Fsp3) is 0.600. The predicted octanol–water partition coefficient (Wildman–Crippen LogP) is 3.28. The van der Waals surface area contributed by atoms with Crippen LogP contribution in [0.25, 0.3) is 0 Å². The van der Waals surface area contributed by atoms with Gasteiger partial charge in [0.05, 0.1) is 0 Å². The summed E-state index contributed by atoms with van der Waals surface area (Å²) in [5, 5.41) is 3.47. The second-order valence-corrected chi connectivity index (χ2v) is 4.89. The molecule has 88 valence electrons. The molecule has 1 aromatic rings. The summed E-state index contributed by atoms with van der Waals surface area (Å²) in [7, 11) is 0. The SMILES string of the molecule is CCNCCC1(CC)CCc2ccccc21. The van der Waals surface area contributed by atoms with Crippen LogP contribution < -0.4 is 5.32 Å². The predicted molar refractivity (Wildman–Crippen MR) is 69.9 cm³/mol. The Bertz CT molecular complexity index is 345. The number of hydrogen-bond donors (Lipinski definition) is 1. The van der Waals surface area contributed by atoms with Crippen molar-refractivity contribution in [1.82, 2.24) is 5.32 Å². The smallest absolute Gasteiger partial charge is 0.00317 e. The van der Waals surface area contributed by atoms with Crippen LogP contribution in [0.2, 0.25) is 0 Å². The van der Waals surface area contributed by atoms with Gasteiger partial charge in [-0.1, -0.05) is 38.1 Å². The molecule has 1 nitrogen and oxygen atoms in total. The largest absolute Gasteiger partial charge is 0.317 e. The van der Waals surface area contributed by atoms with Gasteiger partial charge in [0.2, 0.25) is 0 Å². The van der Waals surface area contributed by atoms with Gasteiger partial charge in [0.25, 0.3) is 0 Å². The minimum Gasteiger partial charge on any atom is -0.317 e. The minimum atomic E-state index is 0.457. The third-order valence-corrected chi connectivity index (χ3v) is 4.17. The Balaban J connectivity index is 2.17. The van der Waals surface area contributed by atoms with Crippen LogP contribution in [0.15, 0.2) is 24.3 Å². The van der Waals surface area contributed by atoms with Crippen LogP contribution in [-0.2, 0) is 11.8 Å². The molecule has 0 spiro atoms. The van der Waals surface area contributed by atoms with E-state index >= 15 is 0 Å². The summed E-state index contributed by atoms with van der Waals surface area (Å²) in [5.74, 6) is 0. The Hall–Kier alpha value is -0.820. The van der Waals surface area contributed by atoms with Crippen molar-refractivity contribution in [3.05, 3.63) is 35.4 Å². The molecule has 1 aliphatic carbocycles. The van der Waals surface area contributed by atoms with Crippen molar-refractivity contribution in [2.75, 3.05) is 13.1 Å². The van der Waals surface area contributed by atoms with E-state index in [-0.39, 0.29) is 0 Å². The van der Waals surface area contributed by atoms with Gasteiger partial charge < -0.3 is 5.32 Å². The number of benzene rings is 1. The summed E-state index contributed by atoms with van der Waals surface area (Å²) in [5.41, 5.74) is 3.66. The molecule has 0 bridgehead atoms. The van der Waals surface area contributed by atoms with Gasteiger partial charge in [-0.05, 0) is 55.3 Å². The molecular weight excluding hydrogens is 194 g/mol. The summed E-state index contributed by atoms with van der Waals surface area (Å²) in [6.07, 6.45) is 5.17. The van der Waals surface area contributed by atoms with Crippen LogP contribution in [0.5, 0.6) is 0 Å². The maximum absolute atomic E-state index is 3.47. The standard InChI is InChI=1S/C15H23N/c1-3-15(11-12-16-4-2)10-9-13-7-5-6-8-14(13)15/h5-8,16H,3-4,9-12H2,1-2H3. The molecule has 0 fully saturated rings. The van der Waals surface area contributed by atoms with Gasteiger partial charge in [-0.15, -0.1) is 0 Å². The van der Waals surface area contributed by atoms with Crippen molar-refractivity contribution in [3.63, 3.8) is 0 Å². The van der Waals surface area contributed by atoms with Gasteiger partial charge in [-0.2, -0.15) is 0 Å². The summed E-state index contributed by atoms with van der Waals surface area (Å²) < 4.78 is 0. The first-order valence-electron chi connectivity index (χ1n) is 6.61. The molecule has 16 heavy (non-hydrogen) atoms. The van der Waals surface area contributed by atoms with E-state index in [2.05, 4.69) is 43.4 Å². The topological polar surface area (TPSA) is 12.0 Å². The number of aryl methyl sites for hydroxylation is 1. The lowest BCUT2D eigenvalue weighted by Crippen LogP contribution is -2.28. The number of rotatable bonds is 5. The fourth-order valence-corrected chi connectivity index (χ4v) is 3.07. The van der Waals surface area contributed by atoms with Crippen LogP contribution >= 0.6 is 0 Å². The zero-order valence-corrected chi connectivity index (χ0v) is 10.6. The Labute approximate surface area is 99.3 Å². The normalized spacial score (nSPS) is 23.4. The average Bonchev–Trinajstić information content (AvgIpc) is 2.70. The summed E-state index contributed by atoms with van der Waals surface area (Å²) in [6, 6.07) is 9.02. The van der Waals surface area contributed by atoms with E-state index in [9.17, 15) is 0 Å². The van der Waals surface area contributed by atoms with Crippen molar-refractivity contribution in [2.45, 2.75) is 44.9 Å². The fourth-order valence-electron chi connectivity index (χ4n) is 3.07. The van der Waals surface area contributed by atoms with Crippen LogP contribution in [0.1, 0.15) is 44.2 Å². The summed E-state index contributed by atoms with van der Waals surface area (Å²) in [4.78, 5) is 0. The van der Waals surface area contributed by atoms with Gasteiger partial charge in [-0.3, -0.25) is 0 Å². The van der Waals surface area contributed by atoms with E-state index in [1.807, 2.05) is 0 Å². The third kappa shape index (κ3) is 2.01. The maximum atomic E-state index is 3.47. The van der Waals surface area contributed by atoms with Crippen LogP contribution in [0, 0.1) is 0 Å². The summed E-state index contributed by atoms with van der Waals surface area (Å²) in [6.45, 7) is 6.76. The average molecular weight is 217 g/mol. The zero-order chi connectivity index (χ0) is 11.4. The van der Waals surface area contributed by atoms with Gasteiger partial charge in [0, 0.05) is 0 Å². The van der Waals surface area contributed by atoms with Gasteiger partial charge in [0.1, 0.15) is 0 Å². The number of fused-ring (bicyclic) bond motifs is 1. The second kappa shape index (κ2) is 5.01. The summed E-state index contributed by atoms with van der Waals surface area (Å²) >= 11 is 0. The molecule has 0 amide bonds. The molecule has 2 rings (SSSR count). The monoisotopic (exact) mass is 217 g/mol. The van der Waals surface area contributed by atoms with E-state index in [0.717, 1.165) is 13.1 Å². The van der Waals surface area contributed by atoms with Crippen molar-refractivity contribution in [3.8, 4) is 0 Å². The molecule has 0 radical (unpaired) electrons.